The van der Waals surface area contributed by atoms with Gasteiger partial charge in [0.1, 0.15) is 6.33 Å². The third-order valence-corrected chi connectivity index (χ3v) is 6.50. The zero-order valence-electron chi connectivity index (χ0n) is 21.0. The fraction of sp³-hybridized carbons (Fsp3) is 0.417. The van der Waals surface area contributed by atoms with Gasteiger partial charge in [-0.2, -0.15) is 5.10 Å². The fourth-order valence-corrected chi connectivity index (χ4v) is 4.64. The summed E-state index contributed by atoms with van der Waals surface area (Å²) in [6.07, 6.45) is 3.23. The number of hydrogen-bond acceptors (Lipinski definition) is 9. The van der Waals surface area contributed by atoms with Crippen LogP contribution >= 0.6 is 0 Å². The second kappa shape index (κ2) is 10.4. The van der Waals surface area contributed by atoms with Crippen molar-refractivity contribution in [1.82, 2.24) is 35.2 Å². The van der Waals surface area contributed by atoms with E-state index >= 15 is 0 Å². The summed E-state index contributed by atoms with van der Waals surface area (Å²) in [5.74, 6) is 0.938. The monoisotopic (exact) mass is 507 g/mol. The summed E-state index contributed by atoms with van der Waals surface area (Å²) >= 11 is 0. The summed E-state index contributed by atoms with van der Waals surface area (Å²) in [7, 11) is 4.86. The first-order valence-corrected chi connectivity index (χ1v) is 12.1. The minimum atomic E-state index is -0.417. The molecule has 13 heteroatoms. The summed E-state index contributed by atoms with van der Waals surface area (Å²) in [5.41, 5.74) is 1.72. The Bertz CT molecular complexity index is 1310. The highest BCUT2D eigenvalue weighted by molar-refractivity contribution is 6.00. The highest BCUT2D eigenvalue weighted by atomic mass is 16.5. The number of carbonyl (C=O) groups is 2. The summed E-state index contributed by atoms with van der Waals surface area (Å²) in [5, 5.41) is 18.6. The second-order valence-electron chi connectivity index (χ2n) is 8.77. The Kier molecular flexibility index (Phi) is 6.86. The van der Waals surface area contributed by atoms with Gasteiger partial charge in [-0.05, 0) is 25.0 Å². The maximum atomic E-state index is 13.3. The number of aromatic nitrogens is 5. The van der Waals surface area contributed by atoms with Gasteiger partial charge in [-0.3, -0.25) is 14.4 Å². The lowest BCUT2D eigenvalue weighted by Crippen LogP contribution is -2.42. The van der Waals surface area contributed by atoms with Gasteiger partial charge in [-0.15, -0.1) is 10.2 Å². The van der Waals surface area contributed by atoms with Crippen molar-refractivity contribution in [1.29, 1.82) is 0 Å². The van der Waals surface area contributed by atoms with Crippen LogP contribution in [0.15, 0.2) is 30.6 Å². The molecule has 4 heterocycles. The number of ether oxygens (including phenoxy) is 2. The van der Waals surface area contributed by atoms with Gasteiger partial charge in [-0.1, -0.05) is 6.07 Å². The second-order valence-corrected chi connectivity index (χ2v) is 8.77. The Hall–Kier alpha value is -4.26. The molecule has 0 saturated carbocycles. The molecular weight excluding hydrogens is 478 g/mol. The summed E-state index contributed by atoms with van der Waals surface area (Å²) in [6.45, 7) is 2.38. The highest BCUT2D eigenvalue weighted by Gasteiger charge is 2.36. The van der Waals surface area contributed by atoms with Gasteiger partial charge in [0.15, 0.2) is 23.1 Å². The molecule has 0 atom stereocenters. The Balaban J connectivity index is 1.48. The highest BCUT2D eigenvalue weighted by Crippen LogP contribution is 2.37. The number of nitrogens with one attached hydrogen (secondary N) is 2. The number of para-hydroxylation sites is 1. The molecule has 0 aliphatic carbocycles. The number of benzene rings is 1. The number of rotatable bonds is 7. The largest absolute Gasteiger partial charge is 0.494 e. The quantitative estimate of drug-likeness (QED) is 0.490. The third kappa shape index (κ3) is 4.77. The number of amides is 3. The first-order valence-electron chi connectivity index (χ1n) is 12.1. The van der Waals surface area contributed by atoms with Crippen LogP contribution in [0.3, 0.4) is 0 Å². The molecule has 0 spiro atoms. The number of hydrogen-bond donors (Lipinski definition) is 2. The molecule has 5 rings (SSSR count). The van der Waals surface area contributed by atoms with Crippen molar-refractivity contribution in [2.75, 3.05) is 50.7 Å². The fourth-order valence-electron chi connectivity index (χ4n) is 4.64. The van der Waals surface area contributed by atoms with Crippen LogP contribution in [0.25, 0.3) is 11.4 Å². The standard InChI is InChI=1S/C24H29N9O4/c1-25-23(34)20-18(27-17-6-4-5-16(21(17)36-3)22-26-14-31(2)30-22)13-19(28-29-20)33-10-9-32(24(33)35)15-7-11-37-12-8-15/h4-6,13-15H,7-12H2,1-3H3,(H,25,34)(H,27,28). The van der Waals surface area contributed by atoms with Crippen molar-refractivity contribution in [3.05, 3.63) is 36.3 Å². The predicted molar refractivity (Wildman–Crippen MR) is 135 cm³/mol. The number of nitrogens with zero attached hydrogens (tertiary/aromatic N) is 7. The first kappa shape index (κ1) is 24.4. The van der Waals surface area contributed by atoms with E-state index in [1.165, 1.54) is 7.05 Å². The number of anilines is 3. The van der Waals surface area contributed by atoms with Gasteiger partial charge in [0.2, 0.25) is 0 Å². The van der Waals surface area contributed by atoms with Crippen molar-refractivity contribution >= 4 is 29.1 Å². The lowest BCUT2D eigenvalue weighted by molar-refractivity contribution is 0.0520. The molecule has 0 bridgehead atoms. The van der Waals surface area contributed by atoms with E-state index in [1.54, 1.807) is 36.1 Å². The van der Waals surface area contributed by atoms with E-state index in [0.717, 1.165) is 12.8 Å². The maximum absolute atomic E-state index is 13.3. The molecular formula is C24H29N9O4. The molecule has 13 nitrogen and oxygen atoms in total. The average Bonchev–Trinajstić information content (AvgIpc) is 3.54. The molecule has 2 saturated heterocycles. The molecule has 1 aromatic carbocycles. The average molecular weight is 508 g/mol. The van der Waals surface area contributed by atoms with Crippen LogP contribution in [0.4, 0.5) is 22.0 Å². The normalized spacial score (nSPS) is 16.2. The van der Waals surface area contributed by atoms with E-state index in [9.17, 15) is 9.59 Å². The zero-order valence-corrected chi connectivity index (χ0v) is 21.0. The Morgan fingerprint density at radius 2 is 1.97 bits per heavy atom. The van der Waals surface area contributed by atoms with Gasteiger partial charge in [0.25, 0.3) is 5.91 Å². The van der Waals surface area contributed by atoms with Crippen LogP contribution in [0.1, 0.15) is 23.3 Å². The van der Waals surface area contributed by atoms with Crippen molar-refractivity contribution in [3.8, 4) is 17.1 Å². The third-order valence-electron chi connectivity index (χ3n) is 6.50. The molecule has 194 valence electrons. The van der Waals surface area contributed by atoms with E-state index in [-0.39, 0.29) is 17.8 Å². The molecule has 37 heavy (non-hydrogen) atoms. The summed E-state index contributed by atoms with van der Waals surface area (Å²) in [6, 6.07) is 7.18. The predicted octanol–water partition coefficient (Wildman–Crippen LogP) is 1.80. The lowest BCUT2D eigenvalue weighted by atomic mass is 10.1. The SMILES string of the molecule is CNC(=O)c1nnc(N2CCN(C3CCOCC3)C2=O)cc1Nc1cccc(-c2ncn(C)n2)c1OC. The van der Waals surface area contributed by atoms with Crippen LogP contribution in [0.5, 0.6) is 5.75 Å². The molecule has 0 radical (unpaired) electrons. The molecule has 2 aliphatic rings. The zero-order chi connectivity index (χ0) is 25.9. The van der Waals surface area contributed by atoms with Crippen LogP contribution in [0, 0.1) is 0 Å². The van der Waals surface area contributed by atoms with E-state index in [1.807, 2.05) is 23.1 Å². The first-order chi connectivity index (χ1) is 18.0. The molecule has 2 N–H and O–H groups in total. The van der Waals surface area contributed by atoms with E-state index in [2.05, 4.69) is 30.9 Å². The van der Waals surface area contributed by atoms with Gasteiger partial charge in [0.05, 0.1) is 24.0 Å². The van der Waals surface area contributed by atoms with Crippen LogP contribution < -0.4 is 20.3 Å². The molecule has 3 aromatic rings. The van der Waals surface area contributed by atoms with Gasteiger partial charge < -0.3 is 25.0 Å². The lowest BCUT2D eigenvalue weighted by Gasteiger charge is -2.30. The van der Waals surface area contributed by atoms with Gasteiger partial charge >= 0.3 is 6.03 Å². The van der Waals surface area contributed by atoms with Gasteiger partial charge in [-0.25, -0.2) is 9.78 Å². The number of urea groups is 1. The van der Waals surface area contributed by atoms with Crippen molar-refractivity contribution in [2.24, 2.45) is 7.05 Å². The smallest absolute Gasteiger partial charge is 0.326 e. The molecule has 3 amide bonds. The van der Waals surface area contributed by atoms with Crippen LogP contribution in [-0.4, -0.2) is 88.3 Å². The molecule has 2 fully saturated rings. The summed E-state index contributed by atoms with van der Waals surface area (Å²) in [4.78, 5) is 33.7. The van der Waals surface area contributed by atoms with E-state index in [4.69, 9.17) is 9.47 Å². The van der Waals surface area contributed by atoms with E-state index < -0.39 is 5.91 Å². The Labute approximate surface area is 213 Å². The minimum absolute atomic E-state index is 0.0857. The maximum Gasteiger partial charge on any atom is 0.326 e. The van der Waals surface area contributed by atoms with E-state index in [0.29, 0.717) is 60.6 Å². The number of carbonyl (C=O) groups excluding carboxylic acids is 2. The topological polar surface area (TPSA) is 140 Å². The minimum Gasteiger partial charge on any atom is -0.494 e. The molecule has 0 unspecified atom stereocenters. The number of aryl methyl sites for hydroxylation is 1. The van der Waals surface area contributed by atoms with Crippen molar-refractivity contribution in [3.63, 3.8) is 0 Å². The van der Waals surface area contributed by atoms with Crippen molar-refractivity contribution < 1.29 is 19.1 Å². The summed E-state index contributed by atoms with van der Waals surface area (Å²) < 4.78 is 12.7. The molecule has 2 aliphatic heterocycles. The van der Waals surface area contributed by atoms with Crippen molar-refractivity contribution in [2.45, 2.75) is 18.9 Å². The Morgan fingerprint density at radius 1 is 1.16 bits per heavy atom. The van der Waals surface area contributed by atoms with Crippen LogP contribution in [0.2, 0.25) is 0 Å². The Morgan fingerprint density at radius 3 is 2.68 bits per heavy atom. The van der Waals surface area contributed by atoms with Crippen LogP contribution in [-0.2, 0) is 11.8 Å². The molecule has 2 aromatic heterocycles. The van der Waals surface area contributed by atoms with Gasteiger partial charge in [0, 0.05) is 52.5 Å². The number of methoxy groups -OCH3 is 1.